The van der Waals surface area contributed by atoms with Crippen molar-refractivity contribution in [1.29, 1.82) is 0 Å². The third-order valence-corrected chi connectivity index (χ3v) is 2.94. The van der Waals surface area contributed by atoms with E-state index in [1.165, 1.54) is 0 Å². The summed E-state index contributed by atoms with van der Waals surface area (Å²) < 4.78 is 4.75. The number of carbonyl (C=O) groups excluding carboxylic acids is 1. The number of hydrogen-bond acceptors (Lipinski definition) is 6. The van der Waals surface area contributed by atoms with Crippen LogP contribution in [0.4, 0.5) is 0 Å². The lowest BCUT2D eigenvalue weighted by Crippen LogP contribution is -2.27. The van der Waals surface area contributed by atoms with Gasteiger partial charge in [0.25, 0.3) is 11.7 Å². The van der Waals surface area contributed by atoms with Crippen molar-refractivity contribution in [1.82, 2.24) is 30.6 Å². The number of hydrogen-bond donors (Lipinski definition) is 2. The standard InChI is InChI=1S/C14H14N6O2/c1-9-16-13(20-22-9)14(21)15-8-7-11-17-12(19-18-11)10-5-3-2-4-6-10/h2-6H,7-8H2,1H3,(H,15,21)(H,17,18,19). The average Bonchev–Trinajstić information content (AvgIpc) is 3.17. The Bertz CT molecular complexity index is 765. The molecule has 0 aliphatic carbocycles. The van der Waals surface area contributed by atoms with Crippen LogP contribution >= 0.6 is 0 Å². The lowest BCUT2D eigenvalue weighted by Gasteiger charge is -1.99. The highest BCUT2D eigenvalue weighted by Gasteiger charge is 2.12. The van der Waals surface area contributed by atoms with E-state index < -0.39 is 0 Å². The van der Waals surface area contributed by atoms with Crippen LogP contribution in [-0.4, -0.2) is 37.8 Å². The van der Waals surface area contributed by atoms with Crippen molar-refractivity contribution in [2.75, 3.05) is 6.54 Å². The molecule has 1 aromatic carbocycles. The highest BCUT2D eigenvalue weighted by Crippen LogP contribution is 2.13. The van der Waals surface area contributed by atoms with Crippen molar-refractivity contribution in [2.24, 2.45) is 0 Å². The van der Waals surface area contributed by atoms with Gasteiger partial charge in [0.15, 0.2) is 5.82 Å². The van der Waals surface area contributed by atoms with E-state index in [4.69, 9.17) is 4.52 Å². The summed E-state index contributed by atoms with van der Waals surface area (Å²) in [5.74, 6) is 1.34. The van der Waals surface area contributed by atoms with Crippen molar-refractivity contribution in [2.45, 2.75) is 13.3 Å². The SMILES string of the molecule is Cc1nc(C(=O)NCCc2nc(-c3ccccc3)n[nH]2)no1. The van der Waals surface area contributed by atoms with Crippen LogP contribution in [0.3, 0.4) is 0 Å². The molecular weight excluding hydrogens is 284 g/mol. The van der Waals surface area contributed by atoms with Gasteiger partial charge in [0.1, 0.15) is 5.82 Å². The molecule has 3 rings (SSSR count). The van der Waals surface area contributed by atoms with Gasteiger partial charge >= 0.3 is 0 Å². The van der Waals surface area contributed by atoms with Crippen LogP contribution in [0, 0.1) is 6.92 Å². The minimum atomic E-state index is -0.375. The second-order valence-electron chi connectivity index (χ2n) is 4.61. The van der Waals surface area contributed by atoms with Crippen LogP contribution in [0.1, 0.15) is 22.3 Å². The molecular formula is C14H14N6O2. The van der Waals surface area contributed by atoms with Crippen molar-refractivity contribution in [3.8, 4) is 11.4 Å². The van der Waals surface area contributed by atoms with Crippen molar-refractivity contribution in [3.63, 3.8) is 0 Å². The van der Waals surface area contributed by atoms with Gasteiger partial charge in [0.2, 0.25) is 5.89 Å². The molecule has 8 nitrogen and oxygen atoms in total. The van der Waals surface area contributed by atoms with E-state index in [9.17, 15) is 4.79 Å². The molecule has 0 saturated carbocycles. The first-order valence-corrected chi connectivity index (χ1v) is 6.77. The van der Waals surface area contributed by atoms with Crippen LogP contribution in [0.5, 0.6) is 0 Å². The quantitative estimate of drug-likeness (QED) is 0.731. The summed E-state index contributed by atoms with van der Waals surface area (Å²) in [5.41, 5.74) is 0.941. The zero-order valence-corrected chi connectivity index (χ0v) is 11.9. The highest BCUT2D eigenvalue weighted by molar-refractivity contribution is 5.90. The van der Waals surface area contributed by atoms with Crippen LogP contribution in [-0.2, 0) is 6.42 Å². The fourth-order valence-corrected chi connectivity index (χ4v) is 1.89. The molecule has 0 atom stereocenters. The van der Waals surface area contributed by atoms with Gasteiger partial charge in [-0.1, -0.05) is 35.5 Å². The molecule has 0 saturated heterocycles. The largest absolute Gasteiger partial charge is 0.349 e. The lowest BCUT2D eigenvalue weighted by molar-refractivity contribution is 0.0940. The Morgan fingerprint density at radius 3 is 2.82 bits per heavy atom. The van der Waals surface area contributed by atoms with Crippen LogP contribution in [0.15, 0.2) is 34.9 Å². The molecule has 22 heavy (non-hydrogen) atoms. The van der Waals surface area contributed by atoms with Gasteiger partial charge in [-0.05, 0) is 0 Å². The van der Waals surface area contributed by atoms with E-state index in [0.717, 1.165) is 5.56 Å². The maximum absolute atomic E-state index is 11.7. The maximum atomic E-state index is 11.7. The van der Waals surface area contributed by atoms with Gasteiger partial charge in [-0.15, -0.1) is 0 Å². The first kappa shape index (κ1) is 13.9. The van der Waals surface area contributed by atoms with Gasteiger partial charge in [0, 0.05) is 25.5 Å². The number of nitrogens with one attached hydrogen (secondary N) is 2. The molecule has 0 bridgehead atoms. The average molecular weight is 298 g/mol. The summed E-state index contributed by atoms with van der Waals surface area (Å²) in [6.07, 6.45) is 0.530. The Balaban J connectivity index is 1.54. The molecule has 0 aliphatic rings. The minimum absolute atomic E-state index is 0.0278. The van der Waals surface area contributed by atoms with E-state index in [2.05, 4.69) is 30.6 Å². The topological polar surface area (TPSA) is 110 Å². The van der Waals surface area contributed by atoms with E-state index in [1.54, 1.807) is 6.92 Å². The Morgan fingerprint density at radius 1 is 1.27 bits per heavy atom. The Labute approximate surface area is 126 Å². The van der Waals surface area contributed by atoms with E-state index in [0.29, 0.717) is 30.5 Å². The number of aromatic amines is 1. The fourth-order valence-electron chi connectivity index (χ4n) is 1.89. The Hall–Kier alpha value is -3.03. The first-order valence-electron chi connectivity index (χ1n) is 6.77. The predicted octanol–water partition coefficient (Wildman–Crippen LogP) is 1.14. The summed E-state index contributed by atoms with van der Waals surface area (Å²) in [6.45, 7) is 2.03. The molecule has 3 aromatic rings. The van der Waals surface area contributed by atoms with E-state index in [-0.39, 0.29) is 11.7 Å². The molecule has 0 spiro atoms. The second kappa shape index (κ2) is 6.17. The number of carbonyl (C=O) groups is 1. The normalized spacial score (nSPS) is 10.6. The fraction of sp³-hybridized carbons (Fsp3) is 0.214. The number of benzene rings is 1. The number of amides is 1. The van der Waals surface area contributed by atoms with E-state index >= 15 is 0 Å². The van der Waals surface area contributed by atoms with Crippen LogP contribution in [0.2, 0.25) is 0 Å². The number of aryl methyl sites for hydroxylation is 1. The van der Waals surface area contributed by atoms with Crippen molar-refractivity contribution in [3.05, 3.63) is 47.9 Å². The molecule has 112 valence electrons. The molecule has 0 fully saturated rings. The smallest absolute Gasteiger partial charge is 0.292 e. The monoisotopic (exact) mass is 298 g/mol. The summed E-state index contributed by atoms with van der Waals surface area (Å²) in [6, 6.07) is 9.67. The molecule has 0 unspecified atom stereocenters. The first-order chi connectivity index (χ1) is 10.7. The molecule has 2 heterocycles. The van der Waals surface area contributed by atoms with Gasteiger partial charge in [-0.2, -0.15) is 10.1 Å². The van der Waals surface area contributed by atoms with Crippen molar-refractivity contribution < 1.29 is 9.32 Å². The van der Waals surface area contributed by atoms with Crippen LogP contribution in [0.25, 0.3) is 11.4 Å². The van der Waals surface area contributed by atoms with E-state index in [1.807, 2.05) is 30.3 Å². The highest BCUT2D eigenvalue weighted by atomic mass is 16.5. The van der Waals surface area contributed by atoms with Crippen LogP contribution < -0.4 is 5.32 Å². The Morgan fingerprint density at radius 2 is 2.09 bits per heavy atom. The molecule has 2 aromatic heterocycles. The number of rotatable bonds is 5. The van der Waals surface area contributed by atoms with Gasteiger partial charge < -0.3 is 9.84 Å². The molecule has 2 N–H and O–H groups in total. The number of H-pyrrole nitrogens is 1. The lowest BCUT2D eigenvalue weighted by atomic mass is 10.2. The maximum Gasteiger partial charge on any atom is 0.292 e. The molecule has 1 amide bonds. The number of nitrogens with zero attached hydrogens (tertiary/aromatic N) is 4. The Kier molecular flexibility index (Phi) is 3.90. The third kappa shape index (κ3) is 3.17. The predicted molar refractivity (Wildman–Crippen MR) is 76.9 cm³/mol. The van der Waals surface area contributed by atoms with Crippen molar-refractivity contribution >= 4 is 5.91 Å². The number of aromatic nitrogens is 5. The third-order valence-electron chi connectivity index (χ3n) is 2.94. The second-order valence-corrected chi connectivity index (χ2v) is 4.61. The summed E-state index contributed by atoms with van der Waals surface area (Å²) >= 11 is 0. The zero-order chi connectivity index (χ0) is 15.4. The van der Waals surface area contributed by atoms with Gasteiger partial charge in [-0.3, -0.25) is 9.89 Å². The minimum Gasteiger partial charge on any atom is -0.349 e. The molecule has 0 radical (unpaired) electrons. The summed E-state index contributed by atoms with van der Waals surface area (Å²) in [5, 5.41) is 13.3. The zero-order valence-electron chi connectivity index (χ0n) is 11.9. The molecule has 0 aliphatic heterocycles. The molecule has 8 heteroatoms. The van der Waals surface area contributed by atoms with Gasteiger partial charge in [-0.25, -0.2) is 4.98 Å². The van der Waals surface area contributed by atoms with Gasteiger partial charge in [0.05, 0.1) is 0 Å². The summed E-state index contributed by atoms with van der Waals surface area (Å²) in [4.78, 5) is 20.0. The summed E-state index contributed by atoms with van der Waals surface area (Å²) in [7, 11) is 0.